The van der Waals surface area contributed by atoms with Gasteiger partial charge in [-0.05, 0) is 18.6 Å². The number of hydrogen-bond acceptors (Lipinski definition) is 1. The number of benzene rings is 1. The zero-order valence-corrected chi connectivity index (χ0v) is 8.73. The van der Waals surface area contributed by atoms with Crippen molar-refractivity contribution in [2.24, 2.45) is 0 Å². The van der Waals surface area contributed by atoms with Crippen molar-refractivity contribution in [3.63, 3.8) is 0 Å². The van der Waals surface area contributed by atoms with Crippen LogP contribution in [-0.4, -0.2) is 5.88 Å². The molecular formula is C12H10ClN. The van der Waals surface area contributed by atoms with E-state index in [1.54, 1.807) is 6.07 Å². The van der Waals surface area contributed by atoms with E-state index in [0.29, 0.717) is 17.9 Å². The van der Waals surface area contributed by atoms with Gasteiger partial charge in [0.2, 0.25) is 0 Å². The third kappa shape index (κ3) is 2.52. The summed E-state index contributed by atoms with van der Waals surface area (Å²) in [5.41, 5.74) is 2.48. The van der Waals surface area contributed by atoms with Crippen LogP contribution in [0.25, 0.3) is 0 Å². The predicted molar refractivity (Wildman–Crippen MR) is 58.1 cm³/mol. The largest absolute Gasteiger partial charge is 0.192 e. The average Bonchev–Trinajstić information content (AvgIpc) is 2.20. The summed E-state index contributed by atoms with van der Waals surface area (Å²) in [5, 5.41) is 8.86. The molecule has 70 valence electrons. The van der Waals surface area contributed by atoms with Crippen LogP contribution in [0.5, 0.6) is 0 Å². The Morgan fingerprint density at radius 1 is 1.43 bits per heavy atom. The first-order valence-corrected chi connectivity index (χ1v) is 4.87. The lowest BCUT2D eigenvalue weighted by atomic mass is 10.0. The zero-order chi connectivity index (χ0) is 10.4. The second kappa shape index (κ2) is 5.32. The number of rotatable bonds is 1. The normalized spacial score (nSPS) is 8.64. The summed E-state index contributed by atoms with van der Waals surface area (Å²) in [6.45, 7) is 1.95. The molecule has 0 bridgehead atoms. The van der Waals surface area contributed by atoms with Gasteiger partial charge in [0.15, 0.2) is 0 Å². The summed E-state index contributed by atoms with van der Waals surface area (Å²) < 4.78 is 0. The van der Waals surface area contributed by atoms with E-state index in [1.165, 1.54) is 0 Å². The molecule has 1 nitrogen and oxygen atoms in total. The van der Waals surface area contributed by atoms with Gasteiger partial charge >= 0.3 is 0 Å². The van der Waals surface area contributed by atoms with E-state index in [9.17, 15) is 0 Å². The third-order valence-electron chi connectivity index (χ3n) is 1.83. The minimum absolute atomic E-state index is 0.529. The van der Waals surface area contributed by atoms with Crippen molar-refractivity contribution >= 4 is 11.6 Å². The van der Waals surface area contributed by atoms with Gasteiger partial charge in [0.1, 0.15) is 6.07 Å². The maximum absolute atomic E-state index is 8.86. The summed E-state index contributed by atoms with van der Waals surface area (Å²) in [6, 6.07) is 7.72. The number of hydrogen-bond donors (Lipinski definition) is 0. The minimum Gasteiger partial charge on any atom is -0.192 e. The second-order valence-corrected chi connectivity index (χ2v) is 3.23. The molecule has 0 atom stereocenters. The molecule has 2 heteroatoms. The van der Waals surface area contributed by atoms with Crippen LogP contribution in [0.4, 0.5) is 0 Å². The van der Waals surface area contributed by atoms with Crippen LogP contribution in [0.15, 0.2) is 18.2 Å². The first-order valence-electron chi connectivity index (χ1n) is 4.34. The monoisotopic (exact) mass is 203 g/mol. The molecule has 14 heavy (non-hydrogen) atoms. The van der Waals surface area contributed by atoms with E-state index in [4.69, 9.17) is 16.9 Å². The highest BCUT2D eigenvalue weighted by atomic mass is 35.5. The lowest BCUT2D eigenvalue weighted by molar-refractivity contribution is 1.28. The zero-order valence-electron chi connectivity index (χ0n) is 7.97. The molecule has 0 fully saturated rings. The van der Waals surface area contributed by atoms with Gasteiger partial charge in [-0.25, -0.2) is 0 Å². The fraction of sp³-hybridized carbons (Fsp3) is 0.250. The number of nitrogens with zero attached hydrogens (tertiary/aromatic N) is 1. The molecule has 0 aliphatic rings. The molecular weight excluding hydrogens is 194 g/mol. The van der Waals surface area contributed by atoms with Gasteiger partial charge in [0.25, 0.3) is 0 Å². The molecule has 0 unspecified atom stereocenters. The minimum atomic E-state index is 0.529. The lowest BCUT2D eigenvalue weighted by Crippen LogP contribution is -1.87. The first kappa shape index (κ1) is 10.6. The first-order chi connectivity index (χ1) is 6.79. The molecule has 0 saturated carbocycles. The van der Waals surface area contributed by atoms with Gasteiger partial charge in [0.05, 0.1) is 5.56 Å². The lowest BCUT2D eigenvalue weighted by Gasteiger charge is -1.98. The van der Waals surface area contributed by atoms with E-state index in [-0.39, 0.29) is 0 Å². The molecule has 0 radical (unpaired) electrons. The molecule has 1 aromatic rings. The molecule has 0 heterocycles. The Kier molecular flexibility index (Phi) is 4.05. The van der Waals surface area contributed by atoms with Crippen LogP contribution in [0, 0.1) is 30.1 Å². The van der Waals surface area contributed by atoms with Crippen molar-refractivity contribution < 1.29 is 0 Å². The van der Waals surface area contributed by atoms with E-state index >= 15 is 0 Å². The third-order valence-corrected chi connectivity index (χ3v) is 2.02. The molecule has 0 aromatic heterocycles. The van der Waals surface area contributed by atoms with Gasteiger partial charge in [0, 0.05) is 17.9 Å². The highest BCUT2D eigenvalue weighted by Gasteiger charge is 2.00. The predicted octanol–water partition coefficient (Wildman–Crippen LogP) is 2.85. The van der Waals surface area contributed by atoms with Gasteiger partial charge < -0.3 is 0 Å². The van der Waals surface area contributed by atoms with Gasteiger partial charge in [-0.1, -0.05) is 24.0 Å². The number of nitriles is 1. The van der Waals surface area contributed by atoms with Crippen molar-refractivity contribution in [3.8, 4) is 17.9 Å². The standard InChI is InChI=1S/C12H10ClN/c1-10-5-4-6-11(9-14)12(10)7-2-3-8-13/h4-6H,3,8H2,1H3. The van der Waals surface area contributed by atoms with Crippen molar-refractivity contribution in [2.75, 3.05) is 5.88 Å². The van der Waals surface area contributed by atoms with E-state index < -0.39 is 0 Å². The molecule has 0 aliphatic carbocycles. The van der Waals surface area contributed by atoms with Crippen LogP contribution >= 0.6 is 11.6 Å². The van der Waals surface area contributed by atoms with Crippen molar-refractivity contribution in [3.05, 3.63) is 34.9 Å². The fourth-order valence-corrected chi connectivity index (χ4v) is 1.22. The van der Waals surface area contributed by atoms with Crippen LogP contribution in [0.2, 0.25) is 0 Å². The van der Waals surface area contributed by atoms with Crippen LogP contribution in [0.1, 0.15) is 23.1 Å². The van der Waals surface area contributed by atoms with E-state index in [0.717, 1.165) is 11.1 Å². The molecule has 0 N–H and O–H groups in total. The van der Waals surface area contributed by atoms with Crippen molar-refractivity contribution in [2.45, 2.75) is 13.3 Å². The van der Waals surface area contributed by atoms with Gasteiger partial charge in [-0.15, -0.1) is 11.6 Å². The summed E-state index contributed by atoms with van der Waals surface area (Å²) in [4.78, 5) is 0. The van der Waals surface area contributed by atoms with Crippen molar-refractivity contribution in [1.82, 2.24) is 0 Å². The molecule has 0 amide bonds. The Morgan fingerprint density at radius 2 is 2.21 bits per heavy atom. The van der Waals surface area contributed by atoms with Crippen LogP contribution < -0.4 is 0 Å². The molecule has 0 saturated heterocycles. The van der Waals surface area contributed by atoms with Crippen LogP contribution in [0.3, 0.4) is 0 Å². The topological polar surface area (TPSA) is 23.8 Å². The van der Waals surface area contributed by atoms with E-state index in [2.05, 4.69) is 17.9 Å². The maximum Gasteiger partial charge on any atom is 0.100 e. The summed E-state index contributed by atoms with van der Waals surface area (Å²) in [5.74, 6) is 6.44. The average molecular weight is 204 g/mol. The number of halogens is 1. The number of aryl methyl sites for hydroxylation is 1. The van der Waals surface area contributed by atoms with Crippen molar-refractivity contribution in [1.29, 1.82) is 5.26 Å². The molecule has 0 aliphatic heterocycles. The fourth-order valence-electron chi connectivity index (χ4n) is 1.12. The van der Waals surface area contributed by atoms with Gasteiger partial charge in [-0.3, -0.25) is 0 Å². The molecule has 0 spiro atoms. The summed E-state index contributed by atoms with van der Waals surface area (Å²) in [6.07, 6.45) is 0.654. The maximum atomic E-state index is 8.86. The highest BCUT2D eigenvalue weighted by molar-refractivity contribution is 6.18. The Morgan fingerprint density at radius 3 is 2.86 bits per heavy atom. The molecule has 1 aromatic carbocycles. The van der Waals surface area contributed by atoms with Gasteiger partial charge in [-0.2, -0.15) is 5.26 Å². The quantitative estimate of drug-likeness (QED) is 0.509. The summed E-state index contributed by atoms with van der Waals surface area (Å²) in [7, 11) is 0. The SMILES string of the molecule is Cc1cccc(C#N)c1C#CCCCl. The highest BCUT2D eigenvalue weighted by Crippen LogP contribution is 2.11. The van der Waals surface area contributed by atoms with Crippen LogP contribution in [-0.2, 0) is 0 Å². The Hall–Kier alpha value is -1.44. The Bertz CT molecular complexity index is 418. The smallest absolute Gasteiger partial charge is 0.100 e. The Labute approximate surface area is 89.3 Å². The molecule has 1 rings (SSSR count). The second-order valence-electron chi connectivity index (χ2n) is 2.85. The summed E-state index contributed by atoms with van der Waals surface area (Å²) >= 11 is 5.51. The number of alkyl halides is 1. The van der Waals surface area contributed by atoms with E-state index in [1.807, 2.05) is 19.1 Å². The Balaban J connectivity index is 3.08.